The fourth-order valence-corrected chi connectivity index (χ4v) is 2.94. The first kappa shape index (κ1) is 21.0. The van der Waals surface area contributed by atoms with Gasteiger partial charge in [-0.3, -0.25) is 5.01 Å². The summed E-state index contributed by atoms with van der Waals surface area (Å²) in [6.07, 6.45) is 16.9. The Kier molecular flexibility index (Phi) is 8.35. The SMILES string of the molecule is CC/C=C\C(C1=CC2=CCNN2C=C1)=C(/C)c1cccc(C)c1.CCCC. The van der Waals surface area contributed by atoms with Gasteiger partial charge < -0.3 is 0 Å². The molecule has 0 aliphatic carbocycles. The van der Waals surface area contributed by atoms with Crippen molar-refractivity contribution >= 4 is 5.57 Å². The van der Waals surface area contributed by atoms with Crippen LogP contribution in [0.3, 0.4) is 0 Å². The molecule has 0 spiro atoms. The summed E-state index contributed by atoms with van der Waals surface area (Å²) in [4.78, 5) is 0. The van der Waals surface area contributed by atoms with Crippen LogP contribution in [0.25, 0.3) is 5.57 Å². The summed E-state index contributed by atoms with van der Waals surface area (Å²) in [7, 11) is 0. The Morgan fingerprint density at radius 1 is 1.19 bits per heavy atom. The third-order valence-corrected chi connectivity index (χ3v) is 4.74. The zero-order valence-electron chi connectivity index (χ0n) is 17.5. The Morgan fingerprint density at radius 3 is 2.63 bits per heavy atom. The van der Waals surface area contributed by atoms with Crippen molar-refractivity contribution in [2.24, 2.45) is 0 Å². The molecule has 1 N–H and O–H groups in total. The molecule has 0 bridgehead atoms. The maximum Gasteiger partial charge on any atom is 0.0550 e. The molecule has 1 aromatic carbocycles. The molecule has 0 fully saturated rings. The van der Waals surface area contributed by atoms with Crippen LogP contribution in [0.2, 0.25) is 0 Å². The van der Waals surface area contributed by atoms with Crippen LogP contribution in [-0.4, -0.2) is 11.6 Å². The molecule has 0 radical (unpaired) electrons. The van der Waals surface area contributed by atoms with Gasteiger partial charge in [-0.2, -0.15) is 0 Å². The monoisotopic (exact) mass is 362 g/mol. The first-order valence-electron chi connectivity index (χ1n) is 10.2. The van der Waals surface area contributed by atoms with E-state index < -0.39 is 0 Å². The van der Waals surface area contributed by atoms with Gasteiger partial charge in [-0.05, 0) is 60.8 Å². The number of rotatable bonds is 5. The minimum absolute atomic E-state index is 0.893. The van der Waals surface area contributed by atoms with Gasteiger partial charge in [0.05, 0.1) is 5.70 Å². The van der Waals surface area contributed by atoms with Crippen LogP contribution in [0, 0.1) is 6.92 Å². The normalized spacial score (nSPS) is 16.4. The molecule has 0 saturated carbocycles. The summed E-state index contributed by atoms with van der Waals surface area (Å²) < 4.78 is 0. The molecule has 2 heterocycles. The van der Waals surface area contributed by atoms with Crippen molar-refractivity contribution in [1.29, 1.82) is 0 Å². The molecule has 27 heavy (non-hydrogen) atoms. The highest BCUT2D eigenvalue weighted by Crippen LogP contribution is 2.30. The van der Waals surface area contributed by atoms with E-state index in [1.54, 1.807) is 0 Å². The number of nitrogens with zero attached hydrogens (tertiary/aromatic N) is 1. The lowest BCUT2D eigenvalue weighted by molar-refractivity contribution is 0.394. The van der Waals surface area contributed by atoms with Crippen LogP contribution in [0.4, 0.5) is 0 Å². The van der Waals surface area contributed by atoms with Gasteiger partial charge in [0.1, 0.15) is 0 Å². The van der Waals surface area contributed by atoms with Gasteiger partial charge in [0.15, 0.2) is 0 Å². The van der Waals surface area contributed by atoms with Crippen LogP contribution >= 0.6 is 0 Å². The van der Waals surface area contributed by atoms with Gasteiger partial charge in [-0.1, -0.05) is 75.6 Å². The van der Waals surface area contributed by atoms with Crippen LogP contribution < -0.4 is 5.43 Å². The van der Waals surface area contributed by atoms with Crippen LogP contribution in [0.5, 0.6) is 0 Å². The number of aryl methyl sites for hydroxylation is 1. The first-order valence-corrected chi connectivity index (χ1v) is 10.2. The number of allylic oxidation sites excluding steroid dienone is 7. The number of unbranched alkanes of at least 4 members (excludes halogenated alkanes) is 1. The van der Waals surface area contributed by atoms with E-state index in [0.29, 0.717) is 0 Å². The van der Waals surface area contributed by atoms with Crippen molar-refractivity contribution in [3.8, 4) is 0 Å². The highest BCUT2D eigenvalue weighted by Gasteiger charge is 2.16. The summed E-state index contributed by atoms with van der Waals surface area (Å²) in [6, 6.07) is 8.72. The van der Waals surface area contributed by atoms with Gasteiger partial charge in [-0.15, -0.1) is 0 Å². The van der Waals surface area contributed by atoms with Crippen molar-refractivity contribution in [1.82, 2.24) is 10.4 Å². The fourth-order valence-electron chi connectivity index (χ4n) is 2.94. The summed E-state index contributed by atoms with van der Waals surface area (Å²) >= 11 is 0. The lowest BCUT2D eigenvalue weighted by Gasteiger charge is -2.22. The summed E-state index contributed by atoms with van der Waals surface area (Å²) in [5, 5.41) is 2.08. The largest absolute Gasteiger partial charge is 0.284 e. The van der Waals surface area contributed by atoms with E-state index in [0.717, 1.165) is 13.0 Å². The van der Waals surface area contributed by atoms with E-state index >= 15 is 0 Å². The van der Waals surface area contributed by atoms with Crippen molar-refractivity contribution < 1.29 is 0 Å². The minimum atomic E-state index is 0.893. The zero-order chi connectivity index (χ0) is 19.6. The Morgan fingerprint density at radius 2 is 1.96 bits per heavy atom. The second-order valence-corrected chi connectivity index (χ2v) is 7.00. The van der Waals surface area contributed by atoms with Gasteiger partial charge >= 0.3 is 0 Å². The van der Waals surface area contributed by atoms with Gasteiger partial charge in [0.25, 0.3) is 0 Å². The van der Waals surface area contributed by atoms with Crippen molar-refractivity contribution in [3.63, 3.8) is 0 Å². The smallest absolute Gasteiger partial charge is 0.0550 e. The lowest BCUT2D eigenvalue weighted by Crippen LogP contribution is -2.27. The van der Waals surface area contributed by atoms with Crippen LogP contribution in [-0.2, 0) is 0 Å². The van der Waals surface area contributed by atoms with Gasteiger partial charge in [0, 0.05) is 12.7 Å². The van der Waals surface area contributed by atoms with Crippen LogP contribution in [0.15, 0.2) is 77.7 Å². The molecule has 144 valence electrons. The summed E-state index contributed by atoms with van der Waals surface area (Å²) in [5.41, 5.74) is 11.0. The van der Waals surface area contributed by atoms with Crippen molar-refractivity contribution in [2.45, 2.75) is 53.9 Å². The van der Waals surface area contributed by atoms with Gasteiger partial charge in [-0.25, -0.2) is 5.43 Å². The third kappa shape index (κ3) is 5.83. The summed E-state index contributed by atoms with van der Waals surface area (Å²) in [6.45, 7) is 11.8. The highest BCUT2D eigenvalue weighted by atomic mass is 15.5. The van der Waals surface area contributed by atoms with E-state index in [9.17, 15) is 0 Å². The summed E-state index contributed by atoms with van der Waals surface area (Å²) in [5.74, 6) is 0. The molecule has 0 aromatic heterocycles. The lowest BCUT2D eigenvalue weighted by atomic mass is 9.93. The Balaban J connectivity index is 0.000000596. The second-order valence-electron chi connectivity index (χ2n) is 7.00. The molecule has 0 atom stereocenters. The van der Waals surface area contributed by atoms with E-state index in [4.69, 9.17) is 0 Å². The third-order valence-electron chi connectivity index (χ3n) is 4.74. The number of nitrogens with one attached hydrogen (secondary N) is 1. The van der Waals surface area contributed by atoms with Crippen molar-refractivity contribution in [2.75, 3.05) is 6.54 Å². The van der Waals surface area contributed by atoms with Gasteiger partial charge in [0.2, 0.25) is 0 Å². The predicted octanol–water partition coefficient (Wildman–Crippen LogP) is 6.70. The molecular formula is C25H34N2. The molecule has 0 saturated heterocycles. The fraction of sp³-hybridized carbons (Fsp3) is 0.360. The number of benzene rings is 1. The van der Waals surface area contributed by atoms with E-state index in [-0.39, 0.29) is 0 Å². The maximum atomic E-state index is 3.30. The Bertz CT molecular complexity index is 773. The predicted molar refractivity (Wildman–Crippen MR) is 119 cm³/mol. The quantitative estimate of drug-likeness (QED) is 0.586. The van der Waals surface area contributed by atoms with E-state index in [1.807, 2.05) is 0 Å². The Labute approximate surface area is 165 Å². The van der Waals surface area contributed by atoms with E-state index in [2.05, 4.69) is 106 Å². The average Bonchev–Trinajstić information content (AvgIpc) is 3.16. The van der Waals surface area contributed by atoms with Crippen molar-refractivity contribution in [3.05, 3.63) is 88.8 Å². The highest BCUT2D eigenvalue weighted by molar-refractivity contribution is 5.76. The molecular weight excluding hydrogens is 328 g/mol. The molecule has 1 aromatic rings. The molecule has 0 amide bonds. The maximum absolute atomic E-state index is 3.30. The minimum Gasteiger partial charge on any atom is -0.284 e. The molecule has 3 rings (SSSR count). The number of fused-ring (bicyclic) bond motifs is 1. The standard InChI is InChI=1S/C21H24N2.C4H10/c1-4-5-9-21(17(3)18-8-6-7-16(2)14-18)19-11-13-23-20(15-19)10-12-22-23;1-3-4-2/h5-11,13-15,22H,4,12H2,1-3H3;3-4H2,1-2H3/b9-5-,21-17-;. The zero-order valence-corrected chi connectivity index (χ0v) is 17.5. The number of hydrogen-bond acceptors (Lipinski definition) is 2. The van der Waals surface area contributed by atoms with E-state index in [1.165, 1.54) is 46.4 Å². The molecule has 2 aliphatic rings. The molecule has 2 heteroatoms. The molecule has 2 nitrogen and oxygen atoms in total. The second kappa shape index (κ2) is 10.7. The van der Waals surface area contributed by atoms with Crippen LogP contribution in [0.1, 0.15) is 58.1 Å². The average molecular weight is 363 g/mol. The number of hydrogen-bond donors (Lipinski definition) is 1. The first-order chi connectivity index (χ1) is 13.1. The molecule has 2 aliphatic heterocycles. The Hall–Kier alpha value is -2.32. The molecule has 0 unspecified atom stereocenters. The topological polar surface area (TPSA) is 15.3 Å². The number of hydrazine groups is 1.